The Kier molecular flexibility index (Phi) is 5.84. The van der Waals surface area contributed by atoms with Crippen LogP contribution in [-0.2, 0) is 24.5 Å². The average Bonchev–Trinajstić information content (AvgIpc) is 2.91. The molecule has 0 spiro atoms. The summed E-state index contributed by atoms with van der Waals surface area (Å²) in [7, 11) is 1.68. The first-order chi connectivity index (χ1) is 10.2. The molecule has 0 unspecified atom stereocenters. The summed E-state index contributed by atoms with van der Waals surface area (Å²) in [6.45, 7) is 6.05. The van der Waals surface area contributed by atoms with Gasteiger partial charge in [0.1, 0.15) is 18.1 Å². The van der Waals surface area contributed by atoms with Crippen molar-refractivity contribution in [2.24, 2.45) is 0 Å². The minimum atomic E-state index is 0.429. The topological polar surface area (TPSA) is 43.6 Å². The van der Waals surface area contributed by atoms with Crippen LogP contribution in [0.2, 0.25) is 0 Å². The zero-order valence-corrected chi connectivity index (χ0v) is 12.9. The smallest absolute Gasteiger partial charge is 0.146 e. The fraction of sp³-hybridized carbons (Fsp3) is 0.412. The van der Waals surface area contributed by atoms with Gasteiger partial charge in [-0.3, -0.25) is 0 Å². The first kappa shape index (κ1) is 15.6. The molecule has 0 radical (unpaired) electrons. The van der Waals surface area contributed by atoms with E-state index in [2.05, 4.69) is 19.2 Å². The molecule has 0 aliphatic heterocycles. The van der Waals surface area contributed by atoms with E-state index in [1.807, 2.05) is 30.3 Å². The number of nitrogens with one attached hydrogen (secondary N) is 1. The van der Waals surface area contributed by atoms with E-state index >= 15 is 0 Å². The van der Waals surface area contributed by atoms with E-state index < -0.39 is 0 Å². The standard InChI is InChI=1S/C17H23NO3/c1-13(2)18-10-15-7-8-20-17(15)12-21-16-6-4-5-14(9-16)11-19-3/h4-9,13,18H,10-12H2,1-3H3. The van der Waals surface area contributed by atoms with Gasteiger partial charge in [0.15, 0.2) is 0 Å². The van der Waals surface area contributed by atoms with E-state index in [1.165, 1.54) is 0 Å². The third-order valence-corrected chi connectivity index (χ3v) is 3.12. The number of furan rings is 1. The predicted molar refractivity (Wildman–Crippen MR) is 82.2 cm³/mol. The highest BCUT2D eigenvalue weighted by atomic mass is 16.5. The lowest BCUT2D eigenvalue weighted by molar-refractivity contribution is 0.184. The summed E-state index contributed by atoms with van der Waals surface area (Å²) in [5.41, 5.74) is 2.23. The van der Waals surface area contributed by atoms with Crippen LogP contribution in [0.5, 0.6) is 5.75 Å². The van der Waals surface area contributed by atoms with Crippen molar-refractivity contribution >= 4 is 0 Å². The second kappa shape index (κ2) is 7.86. The Morgan fingerprint density at radius 3 is 2.81 bits per heavy atom. The van der Waals surface area contributed by atoms with Crippen LogP contribution in [0.4, 0.5) is 0 Å². The first-order valence-electron chi connectivity index (χ1n) is 7.18. The molecule has 4 heteroatoms. The number of hydrogen-bond acceptors (Lipinski definition) is 4. The second-order valence-corrected chi connectivity index (χ2v) is 5.27. The Labute approximate surface area is 126 Å². The summed E-state index contributed by atoms with van der Waals surface area (Å²) in [5.74, 6) is 1.68. The van der Waals surface area contributed by atoms with Gasteiger partial charge in [0.2, 0.25) is 0 Å². The first-order valence-corrected chi connectivity index (χ1v) is 7.18. The fourth-order valence-corrected chi connectivity index (χ4v) is 2.01. The minimum Gasteiger partial charge on any atom is -0.486 e. The van der Waals surface area contributed by atoms with Crippen LogP contribution in [0, 0.1) is 0 Å². The highest BCUT2D eigenvalue weighted by Crippen LogP contribution is 2.18. The lowest BCUT2D eigenvalue weighted by Gasteiger charge is -2.10. The quantitative estimate of drug-likeness (QED) is 0.807. The van der Waals surface area contributed by atoms with Crippen molar-refractivity contribution in [3.8, 4) is 5.75 Å². The number of rotatable bonds is 8. The van der Waals surface area contributed by atoms with Crippen molar-refractivity contribution in [3.05, 3.63) is 53.5 Å². The number of hydrogen-bond donors (Lipinski definition) is 1. The Morgan fingerprint density at radius 2 is 2.05 bits per heavy atom. The molecule has 1 N–H and O–H groups in total. The minimum absolute atomic E-state index is 0.429. The summed E-state index contributed by atoms with van der Waals surface area (Å²) in [4.78, 5) is 0. The van der Waals surface area contributed by atoms with E-state index in [9.17, 15) is 0 Å². The molecule has 0 bridgehead atoms. The molecule has 4 nitrogen and oxygen atoms in total. The van der Waals surface area contributed by atoms with Crippen molar-refractivity contribution in [1.29, 1.82) is 0 Å². The van der Waals surface area contributed by atoms with Gasteiger partial charge in [-0.1, -0.05) is 26.0 Å². The van der Waals surface area contributed by atoms with Crippen LogP contribution >= 0.6 is 0 Å². The Morgan fingerprint density at radius 1 is 1.19 bits per heavy atom. The SMILES string of the molecule is COCc1cccc(OCc2occc2CNC(C)C)c1. The van der Waals surface area contributed by atoms with Crippen LogP contribution in [-0.4, -0.2) is 13.2 Å². The van der Waals surface area contributed by atoms with Gasteiger partial charge in [-0.25, -0.2) is 0 Å². The summed E-state index contributed by atoms with van der Waals surface area (Å²) >= 11 is 0. The van der Waals surface area contributed by atoms with Gasteiger partial charge in [-0.05, 0) is 23.8 Å². The Balaban J connectivity index is 1.93. The van der Waals surface area contributed by atoms with Crippen LogP contribution < -0.4 is 10.1 Å². The van der Waals surface area contributed by atoms with Crippen LogP contribution in [0.1, 0.15) is 30.7 Å². The van der Waals surface area contributed by atoms with E-state index in [-0.39, 0.29) is 0 Å². The molecule has 0 aliphatic carbocycles. The summed E-state index contributed by atoms with van der Waals surface area (Å²) in [5, 5.41) is 3.38. The largest absolute Gasteiger partial charge is 0.486 e. The van der Waals surface area contributed by atoms with Crippen molar-refractivity contribution in [1.82, 2.24) is 5.32 Å². The average molecular weight is 289 g/mol. The molecular weight excluding hydrogens is 266 g/mol. The van der Waals surface area contributed by atoms with Crippen molar-refractivity contribution in [2.75, 3.05) is 7.11 Å². The lowest BCUT2D eigenvalue weighted by Crippen LogP contribution is -2.22. The molecule has 1 aromatic carbocycles. The van der Waals surface area contributed by atoms with Crippen LogP contribution in [0.3, 0.4) is 0 Å². The molecule has 0 atom stereocenters. The molecule has 0 fully saturated rings. The molecule has 0 aliphatic rings. The van der Waals surface area contributed by atoms with Gasteiger partial charge >= 0.3 is 0 Å². The molecule has 0 saturated carbocycles. The molecule has 0 amide bonds. The predicted octanol–water partition coefficient (Wildman–Crippen LogP) is 3.50. The molecule has 114 valence electrons. The fourth-order valence-electron chi connectivity index (χ4n) is 2.01. The van der Waals surface area contributed by atoms with Gasteiger partial charge < -0.3 is 19.2 Å². The molecule has 2 aromatic rings. The lowest BCUT2D eigenvalue weighted by atomic mass is 10.2. The zero-order chi connectivity index (χ0) is 15.1. The maximum Gasteiger partial charge on any atom is 0.146 e. The van der Waals surface area contributed by atoms with Crippen molar-refractivity contribution in [2.45, 2.75) is 39.6 Å². The number of methoxy groups -OCH3 is 1. The summed E-state index contributed by atoms with van der Waals surface area (Å²) in [6, 6.07) is 10.3. The molecule has 1 heterocycles. The third kappa shape index (κ3) is 4.92. The molecule has 21 heavy (non-hydrogen) atoms. The maximum atomic E-state index is 5.81. The second-order valence-electron chi connectivity index (χ2n) is 5.27. The van der Waals surface area contributed by atoms with Gasteiger partial charge in [-0.2, -0.15) is 0 Å². The molecular formula is C17H23NO3. The number of ether oxygens (including phenoxy) is 2. The van der Waals surface area contributed by atoms with Gasteiger partial charge in [0.05, 0.1) is 12.9 Å². The highest BCUT2D eigenvalue weighted by Gasteiger charge is 2.08. The van der Waals surface area contributed by atoms with Crippen LogP contribution in [0.15, 0.2) is 41.0 Å². The van der Waals surface area contributed by atoms with E-state index in [0.29, 0.717) is 19.3 Å². The third-order valence-electron chi connectivity index (χ3n) is 3.12. The highest BCUT2D eigenvalue weighted by molar-refractivity contribution is 5.28. The van der Waals surface area contributed by atoms with Gasteiger partial charge in [0, 0.05) is 25.3 Å². The molecule has 0 saturated heterocycles. The van der Waals surface area contributed by atoms with E-state index in [0.717, 1.165) is 29.2 Å². The molecule has 2 rings (SSSR count). The van der Waals surface area contributed by atoms with E-state index in [4.69, 9.17) is 13.9 Å². The summed E-state index contributed by atoms with van der Waals surface area (Å²) in [6.07, 6.45) is 1.71. The van der Waals surface area contributed by atoms with Crippen molar-refractivity contribution < 1.29 is 13.9 Å². The Bertz CT molecular complexity index is 548. The Hall–Kier alpha value is -1.78. The molecule has 1 aromatic heterocycles. The number of benzene rings is 1. The van der Waals surface area contributed by atoms with Gasteiger partial charge in [-0.15, -0.1) is 0 Å². The van der Waals surface area contributed by atoms with Crippen molar-refractivity contribution in [3.63, 3.8) is 0 Å². The maximum absolute atomic E-state index is 5.81. The normalized spacial score (nSPS) is 11.0. The van der Waals surface area contributed by atoms with Gasteiger partial charge in [0.25, 0.3) is 0 Å². The van der Waals surface area contributed by atoms with E-state index in [1.54, 1.807) is 13.4 Å². The monoisotopic (exact) mass is 289 g/mol. The van der Waals surface area contributed by atoms with Crippen LogP contribution in [0.25, 0.3) is 0 Å². The summed E-state index contributed by atoms with van der Waals surface area (Å²) < 4.78 is 16.4. The zero-order valence-electron chi connectivity index (χ0n) is 12.9.